The molecule has 6 nitrogen and oxygen atoms in total. The predicted octanol–water partition coefficient (Wildman–Crippen LogP) is 3.72. The average molecular weight is 389 g/mol. The lowest BCUT2D eigenvalue weighted by Crippen LogP contribution is -2.39. The first kappa shape index (κ1) is 19.2. The smallest absolute Gasteiger partial charge is 0.336 e. The van der Waals surface area contributed by atoms with Gasteiger partial charge in [0.25, 0.3) is 0 Å². The number of carboxylic acid groups (broad SMARTS) is 1. The maximum Gasteiger partial charge on any atom is 0.336 e. The SMILES string of the molecule is Cc1ccnc([C@H]2COCCN2Cc2ccc(-c3ccccc3C(=O)O)cc2)n1. The van der Waals surface area contributed by atoms with Crippen LogP contribution < -0.4 is 0 Å². The normalized spacial score (nSPS) is 17.2. The van der Waals surface area contributed by atoms with Gasteiger partial charge < -0.3 is 9.84 Å². The molecule has 0 bridgehead atoms. The zero-order chi connectivity index (χ0) is 20.2. The van der Waals surface area contributed by atoms with Crippen LogP contribution in [0.1, 0.15) is 33.5 Å². The molecular formula is C23H23N3O3. The molecule has 2 heterocycles. The van der Waals surface area contributed by atoms with Crippen molar-refractivity contribution in [2.45, 2.75) is 19.5 Å². The van der Waals surface area contributed by atoms with Gasteiger partial charge in [-0.05, 0) is 35.7 Å². The van der Waals surface area contributed by atoms with E-state index in [1.165, 1.54) is 0 Å². The molecule has 0 aliphatic carbocycles. The standard InChI is InChI=1S/C23H23N3O3/c1-16-10-11-24-22(25-16)21-15-29-13-12-26(21)14-17-6-8-18(9-7-17)19-4-2-3-5-20(19)23(27)28/h2-11,21H,12-15H2,1H3,(H,27,28)/t21-/m1/s1. The summed E-state index contributed by atoms with van der Waals surface area (Å²) in [6.45, 7) is 4.80. The van der Waals surface area contributed by atoms with Crippen molar-refractivity contribution in [1.82, 2.24) is 14.9 Å². The second-order valence-corrected chi connectivity index (χ2v) is 7.17. The molecule has 0 radical (unpaired) electrons. The van der Waals surface area contributed by atoms with Crippen molar-refractivity contribution >= 4 is 5.97 Å². The van der Waals surface area contributed by atoms with Crippen LogP contribution in [0.25, 0.3) is 11.1 Å². The fourth-order valence-electron chi connectivity index (χ4n) is 3.64. The molecule has 2 aromatic carbocycles. The van der Waals surface area contributed by atoms with Crippen LogP contribution in [0.15, 0.2) is 60.8 Å². The van der Waals surface area contributed by atoms with Gasteiger partial charge >= 0.3 is 5.97 Å². The maximum absolute atomic E-state index is 11.5. The first-order valence-corrected chi connectivity index (χ1v) is 9.65. The van der Waals surface area contributed by atoms with Crippen molar-refractivity contribution in [1.29, 1.82) is 0 Å². The first-order valence-electron chi connectivity index (χ1n) is 9.65. The number of nitrogens with zero attached hydrogens (tertiary/aromatic N) is 3. The summed E-state index contributed by atoms with van der Waals surface area (Å²) in [5.74, 6) is -0.129. The van der Waals surface area contributed by atoms with E-state index in [0.29, 0.717) is 18.8 Å². The molecule has 0 amide bonds. The quantitative estimate of drug-likeness (QED) is 0.717. The van der Waals surface area contributed by atoms with Crippen molar-refractivity contribution in [3.63, 3.8) is 0 Å². The minimum Gasteiger partial charge on any atom is -0.478 e. The minimum absolute atomic E-state index is 0.0241. The second-order valence-electron chi connectivity index (χ2n) is 7.17. The predicted molar refractivity (Wildman–Crippen MR) is 110 cm³/mol. The highest BCUT2D eigenvalue weighted by molar-refractivity contribution is 5.95. The van der Waals surface area contributed by atoms with Crippen molar-refractivity contribution in [2.75, 3.05) is 19.8 Å². The molecule has 1 aliphatic heterocycles. The number of ether oxygens (including phenoxy) is 1. The van der Waals surface area contributed by atoms with Gasteiger partial charge in [-0.2, -0.15) is 0 Å². The molecule has 1 atom stereocenters. The fraction of sp³-hybridized carbons (Fsp3) is 0.261. The summed E-state index contributed by atoms with van der Waals surface area (Å²) in [7, 11) is 0. The molecule has 1 aliphatic rings. The molecule has 3 aromatic rings. The topological polar surface area (TPSA) is 75.5 Å². The van der Waals surface area contributed by atoms with Crippen LogP contribution in [-0.4, -0.2) is 45.7 Å². The van der Waals surface area contributed by atoms with Crippen LogP contribution in [0.3, 0.4) is 0 Å². The van der Waals surface area contributed by atoms with Gasteiger partial charge in [-0.25, -0.2) is 14.8 Å². The third-order valence-corrected chi connectivity index (χ3v) is 5.16. The van der Waals surface area contributed by atoms with Crippen LogP contribution in [0, 0.1) is 6.92 Å². The number of carbonyl (C=O) groups is 1. The Morgan fingerprint density at radius 1 is 1.17 bits per heavy atom. The van der Waals surface area contributed by atoms with Crippen LogP contribution in [0.5, 0.6) is 0 Å². The van der Waals surface area contributed by atoms with Crippen molar-refractivity contribution in [3.8, 4) is 11.1 Å². The average Bonchev–Trinajstić information content (AvgIpc) is 2.75. The van der Waals surface area contributed by atoms with Gasteiger partial charge in [0, 0.05) is 25.0 Å². The van der Waals surface area contributed by atoms with Gasteiger partial charge in [-0.3, -0.25) is 4.90 Å². The highest BCUT2D eigenvalue weighted by atomic mass is 16.5. The molecule has 6 heteroatoms. The minimum atomic E-state index is -0.918. The Kier molecular flexibility index (Phi) is 5.64. The summed E-state index contributed by atoms with van der Waals surface area (Å²) >= 11 is 0. The summed E-state index contributed by atoms with van der Waals surface area (Å²) in [6, 6.07) is 17.1. The van der Waals surface area contributed by atoms with Gasteiger partial charge in [0.15, 0.2) is 0 Å². The molecular weight excluding hydrogens is 366 g/mol. The van der Waals surface area contributed by atoms with Gasteiger partial charge in [-0.1, -0.05) is 42.5 Å². The Hall–Kier alpha value is -3.09. The number of aromatic nitrogens is 2. The van der Waals surface area contributed by atoms with Crippen LogP contribution in [0.2, 0.25) is 0 Å². The molecule has 0 unspecified atom stereocenters. The number of morpholine rings is 1. The van der Waals surface area contributed by atoms with Crippen molar-refractivity contribution in [3.05, 3.63) is 83.4 Å². The van der Waals surface area contributed by atoms with Gasteiger partial charge in [0.05, 0.1) is 24.8 Å². The Balaban J connectivity index is 1.54. The van der Waals surface area contributed by atoms with Gasteiger partial charge in [0.2, 0.25) is 0 Å². The fourth-order valence-corrected chi connectivity index (χ4v) is 3.64. The van der Waals surface area contributed by atoms with Gasteiger partial charge in [-0.15, -0.1) is 0 Å². The molecule has 4 rings (SSSR count). The molecule has 1 fully saturated rings. The molecule has 1 N–H and O–H groups in total. The summed E-state index contributed by atoms with van der Waals surface area (Å²) in [5.41, 5.74) is 4.03. The Labute approximate surface area is 169 Å². The third kappa shape index (κ3) is 4.34. The van der Waals surface area contributed by atoms with Gasteiger partial charge in [0.1, 0.15) is 5.82 Å². The van der Waals surface area contributed by atoms with Crippen molar-refractivity contribution in [2.24, 2.45) is 0 Å². The van der Waals surface area contributed by atoms with E-state index in [9.17, 15) is 9.90 Å². The number of rotatable bonds is 5. The second kappa shape index (κ2) is 8.51. The number of carboxylic acids is 1. The lowest BCUT2D eigenvalue weighted by atomic mass is 9.98. The van der Waals surface area contributed by atoms with E-state index in [1.54, 1.807) is 18.3 Å². The van der Waals surface area contributed by atoms with E-state index in [-0.39, 0.29) is 6.04 Å². The summed E-state index contributed by atoms with van der Waals surface area (Å²) in [6.07, 6.45) is 1.79. The Morgan fingerprint density at radius 2 is 1.97 bits per heavy atom. The van der Waals surface area contributed by atoms with Crippen molar-refractivity contribution < 1.29 is 14.6 Å². The number of aromatic carboxylic acids is 1. The first-order chi connectivity index (χ1) is 14.1. The summed E-state index contributed by atoms with van der Waals surface area (Å²) in [5, 5.41) is 9.42. The molecule has 0 spiro atoms. The lowest BCUT2D eigenvalue weighted by molar-refractivity contribution is -0.0159. The maximum atomic E-state index is 11.5. The molecule has 29 heavy (non-hydrogen) atoms. The van der Waals surface area contributed by atoms with E-state index >= 15 is 0 Å². The van der Waals surface area contributed by atoms with Crippen LogP contribution in [-0.2, 0) is 11.3 Å². The third-order valence-electron chi connectivity index (χ3n) is 5.16. The van der Waals surface area contributed by atoms with Crippen LogP contribution >= 0.6 is 0 Å². The van der Waals surface area contributed by atoms with Crippen LogP contribution in [0.4, 0.5) is 0 Å². The number of aryl methyl sites for hydroxylation is 1. The summed E-state index contributed by atoms with van der Waals surface area (Å²) < 4.78 is 5.68. The molecule has 0 saturated carbocycles. The van der Waals surface area contributed by atoms with E-state index in [2.05, 4.69) is 27.0 Å². The Morgan fingerprint density at radius 3 is 2.72 bits per heavy atom. The number of benzene rings is 2. The largest absolute Gasteiger partial charge is 0.478 e. The molecule has 1 saturated heterocycles. The number of hydrogen-bond donors (Lipinski definition) is 1. The zero-order valence-electron chi connectivity index (χ0n) is 16.3. The van der Waals surface area contributed by atoms with E-state index in [4.69, 9.17) is 4.74 Å². The highest BCUT2D eigenvalue weighted by Gasteiger charge is 2.27. The number of hydrogen-bond acceptors (Lipinski definition) is 5. The monoisotopic (exact) mass is 389 g/mol. The van der Waals surface area contributed by atoms with E-state index < -0.39 is 5.97 Å². The molecule has 148 valence electrons. The van der Waals surface area contributed by atoms with E-state index in [1.807, 2.05) is 37.3 Å². The Bertz CT molecular complexity index is 1000. The lowest BCUT2D eigenvalue weighted by Gasteiger charge is -2.34. The highest BCUT2D eigenvalue weighted by Crippen LogP contribution is 2.27. The molecule has 1 aromatic heterocycles. The van der Waals surface area contributed by atoms with E-state index in [0.717, 1.165) is 41.3 Å². The zero-order valence-corrected chi connectivity index (χ0v) is 16.3. The summed E-state index contributed by atoms with van der Waals surface area (Å²) in [4.78, 5) is 22.8.